The summed E-state index contributed by atoms with van der Waals surface area (Å²) in [4.78, 5) is 12.1. The molecule has 1 saturated heterocycles. The van der Waals surface area contributed by atoms with Gasteiger partial charge in [0, 0.05) is 51.1 Å². The van der Waals surface area contributed by atoms with Crippen molar-refractivity contribution in [2.24, 2.45) is 0 Å². The van der Waals surface area contributed by atoms with Gasteiger partial charge in [0.1, 0.15) is 22.3 Å². The van der Waals surface area contributed by atoms with Gasteiger partial charge in [-0.15, -0.1) is 0 Å². The summed E-state index contributed by atoms with van der Waals surface area (Å²) in [7, 11) is 1.80. The van der Waals surface area contributed by atoms with Gasteiger partial charge in [0.25, 0.3) is 0 Å². The van der Waals surface area contributed by atoms with E-state index in [2.05, 4.69) is 17.3 Å². The minimum absolute atomic E-state index is 0.0207. The second kappa shape index (κ2) is 8.13. The summed E-state index contributed by atoms with van der Waals surface area (Å²) in [5.74, 6) is 1.93. The molecule has 2 aliphatic heterocycles. The van der Waals surface area contributed by atoms with E-state index in [-0.39, 0.29) is 10.8 Å². The molecular formula is C21H29N5O3S. The Balaban J connectivity index is 1.62. The summed E-state index contributed by atoms with van der Waals surface area (Å²) >= 11 is 0. The lowest BCUT2D eigenvalue weighted by atomic mass is 10.0. The highest BCUT2D eigenvalue weighted by Gasteiger charge is 2.36. The fourth-order valence-corrected chi connectivity index (χ4v) is 5.98. The number of sulfonamides is 1. The van der Waals surface area contributed by atoms with Crippen molar-refractivity contribution >= 4 is 15.8 Å². The highest BCUT2D eigenvalue weighted by molar-refractivity contribution is 7.89. The van der Waals surface area contributed by atoms with Gasteiger partial charge in [-0.1, -0.05) is 6.07 Å². The van der Waals surface area contributed by atoms with Crippen molar-refractivity contribution in [1.29, 1.82) is 0 Å². The molecule has 0 aliphatic carbocycles. The van der Waals surface area contributed by atoms with Crippen molar-refractivity contribution in [2.75, 3.05) is 46.2 Å². The van der Waals surface area contributed by atoms with E-state index in [1.165, 1.54) is 11.4 Å². The van der Waals surface area contributed by atoms with E-state index >= 15 is 0 Å². The summed E-state index contributed by atoms with van der Waals surface area (Å²) in [5.41, 5.74) is 3.10. The summed E-state index contributed by atoms with van der Waals surface area (Å²) in [6.45, 7) is 4.49. The minimum Gasteiger partial charge on any atom is -0.495 e. The molecule has 0 bridgehead atoms. The fourth-order valence-electron chi connectivity index (χ4n) is 4.24. The highest BCUT2D eigenvalue weighted by Crippen LogP contribution is 2.34. The van der Waals surface area contributed by atoms with Gasteiger partial charge < -0.3 is 15.0 Å². The van der Waals surface area contributed by atoms with Gasteiger partial charge in [0.15, 0.2) is 0 Å². The third-order valence-corrected chi connectivity index (χ3v) is 7.84. The number of hydrogen-bond acceptors (Lipinski definition) is 7. The summed E-state index contributed by atoms with van der Waals surface area (Å²) in [6, 6.07) is 5.23. The number of nitrogens with one attached hydrogen (secondary N) is 1. The van der Waals surface area contributed by atoms with Crippen molar-refractivity contribution in [2.45, 2.75) is 37.1 Å². The molecule has 0 saturated carbocycles. The van der Waals surface area contributed by atoms with Crippen molar-refractivity contribution in [3.05, 3.63) is 40.8 Å². The maximum atomic E-state index is 13.3. The third kappa shape index (κ3) is 3.77. The van der Waals surface area contributed by atoms with Gasteiger partial charge in [-0.25, -0.2) is 18.4 Å². The number of benzene rings is 1. The first kappa shape index (κ1) is 21.0. The van der Waals surface area contributed by atoms with Crippen LogP contribution < -0.4 is 10.1 Å². The number of ether oxygens (including phenoxy) is 1. The maximum absolute atomic E-state index is 13.3. The van der Waals surface area contributed by atoms with Gasteiger partial charge in [-0.3, -0.25) is 0 Å². The van der Waals surface area contributed by atoms with E-state index < -0.39 is 10.0 Å². The Kier molecular flexibility index (Phi) is 5.69. The van der Waals surface area contributed by atoms with Crippen LogP contribution >= 0.6 is 0 Å². The van der Waals surface area contributed by atoms with Gasteiger partial charge in [-0.2, -0.15) is 4.31 Å². The lowest BCUT2D eigenvalue weighted by Crippen LogP contribution is -2.30. The molecule has 2 aliphatic rings. The summed E-state index contributed by atoms with van der Waals surface area (Å²) in [5, 5.41) is 3.20. The molecule has 3 heterocycles. The average Bonchev–Trinajstić information content (AvgIpc) is 3.24. The second-order valence-electron chi connectivity index (χ2n) is 8.10. The molecular weight excluding hydrogens is 402 g/mol. The molecule has 162 valence electrons. The smallest absolute Gasteiger partial charge is 0.246 e. The lowest BCUT2D eigenvalue weighted by molar-refractivity contribution is 0.309. The Hall–Kier alpha value is -2.23. The number of anilines is 1. The highest BCUT2D eigenvalue weighted by atomic mass is 32.2. The molecule has 1 unspecified atom stereocenters. The van der Waals surface area contributed by atoms with Crippen LogP contribution in [0.5, 0.6) is 5.75 Å². The summed E-state index contributed by atoms with van der Waals surface area (Å²) < 4.78 is 33.5. The molecule has 4 rings (SSSR count). The predicted octanol–water partition coefficient (Wildman–Crippen LogP) is 2.00. The number of nitrogens with zero attached hydrogens (tertiary/aromatic N) is 4. The zero-order valence-corrected chi connectivity index (χ0v) is 18.8. The predicted molar refractivity (Wildman–Crippen MR) is 115 cm³/mol. The lowest BCUT2D eigenvalue weighted by Gasteiger charge is -2.26. The number of rotatable bonds is 5. The van der Waals surface area contributed by atoms with Crippen LogP contribution in [-0.2, 0) is 23.0 Å². The van der Waals surface area contributed by atoms with Crippen LogP contribution in [0.4, 0.5) is 5.82 Å². The zero-order chi connectivity index (χ0) is 21.5. The van der Waals surface area contributed by atoms with Crippen LogP contribution in [-0.4, -0.2) is 68.4 Å². The minimum atomic E-state index is -3.65. The Morgan fingerprint density at radius 2 is 2.03 bits per heavy atom. The molecule has 8 nitrogen and oxygen atoms in total. The SMILES string of the molecule is CNc1nc(C2CCN(S(=O)(=O)c3cc(C)ccc3OC)C2)nc2c1CN(C)CC2. The van der Waals surface area contributed by atoms with Gasteiger partial charge >= 0.3 is 0 Å². The molecule has 1 N–H and O–H groups in total. The fraction of sp³-hybridized carbons (Fsp3) is 0.524. The quantitative estimate of drug-likeness (QED) is 0.775. The van der Waals surface area contributed by atoms with E-state index in [0.29, 0.717) is 25.3 Å². The zero-order valence-electron chi connectivity index (χ0n) is 18.0. The number of hydrogen-bond donors (Lipinski definition) is 1. The molecule has 0 amide bonds. The third-order valence-electron chi connectivity index (χ3n) is 5.96. The van der Waals surface area contributed by atoms with Crippen LogP contribution in [0, 0.1) is 6.92 Å². The molecule has 0 radical (unpaired) electrons. The Morgan fingerprint density at radius 1 is 1.23 bits per heavy atom. The first-order chi connectivity index (χ1) is 14.3. The molecule has 2 aromatic rings. The van der Waals surface area contributed by atoms with Gasteiger partial charge in [-0.05, 0) is 38.1 Å². The first-order valence-corrected chi connectivity index (χ1v) is 11.7. The number of likely N-dealkylation sites (N-methyl/N-ethyl adjacent to an activating group) is 1. The topological polar surface area (TPSA) is 87.7 Å². The number of methoxy groups -OCH3 is 1. The normalized spacial score (nSPS) is 20.2. The van der Waals surface area contributed by atoms with Crippen LogP contribution in [0.25, 0.3) is 0 Å². The molecule has 30 heavy (non-hydrogen) atoms. The van der Waals surface area contributed by atoms with Gasteiger partial charge in [0.05, 0.1) is 12.8 Å². The van der Waals surface area contributed by atoms with Crippen molar-refractivity contribution < 1.29 is 13.2 Å². The Labute approximate surface area is 178 Å². The van der Waals surface area contributed by atoms with E-state index in [4.69, 9.17) is 14.7 Å². The van der Waals surface area contributed by atoms with E-state index in [9.17, 15) is 8.42 Å². The molecule has 9 heteroatoms. The standard InChI is InChI=1S/C21H29N5O3S/c1-14-5-6-18(29-4)19(11-14)30(27,28)26-10-7-15(12-26)20-23-17-8-9-25(3)13-16(17)21(22-2)24-20/h5-6,11,15H,7-10,12-13H2,1-4H3,(H,22,23,24). The van der Waals surface area contributed by atoms with E-state index in [0.717, 1.165) is 48.0 Å². The number of aryl methyl sites for hydroxylation is 1. The number of aromatic nitrogens is 2. The van der Waals surface area contributed by atoms with Crippen LogP contribution in [0.15, 0.2) is 23.1 Å². The van der Waals surface area contributed by atoms with Crippen molar-refractivity contribution in [3.8, 4) is 5.75 Å². The van der Waals surface area contributed by atoms with Crippen molar-refractivity contribution in [3.63, 3.8) is 0 Å². The van der Waals surface area contributed by atoms with Crippen LogP contribution in [0.1, 0.15) is 35.0 Å². The maximum Gasteiger partial charge on any atom is 0.246 e. The molecule has 1 aromatic heterocycles. The Morgan fingerprint density at radius 3 is 2.77 bits per heavy atom. The van der Waals surface area contributed by atoms with E-state index in [1.807, 2.05) is 20.0 Å². The van der Waals surface area contributed by atoms with Crippen molar-refractivity contribution in [1.82, 2.24) is 19.2 Å². The molecule has 1 fully saturated rings. The molecule has 1 atom stereocenters. The average molecular weight is 432 g/mol. The van der Waals surface area contributed by atoms with Gasteiger partial charge in [0.2, 0.25) is 10.0 Å². The Bertz CT molecular complexity index is 1040. The van der Waals surface area contributed by atoms with E-state index in [1.54, 1.807) is 12.1 Å². The van der Waals surface area contributed by atoms with Crippen LogP contribution in [0.2, 0.25) is 0 Å². The number of fused-ring (bicyclic) bond motifs is 1. The first-order valence-electron chi connectivity index (χ1n) is 10.2. The summed E-state index contributed by atoms with van der Waals surface area (Å²) in [6.07, 6.45) is 1.58. The van der Waals surface area contributed by atoms with Crippen LogP contribution in [0.3, 0.4) is 0 Å². The monoisotopic (exact) mass is 431 g/mol. The largest absolute Gasteiger partial charge is 0.495 e. The second-order valence-corrected chi connectivity index (χ2v) is 10.0. The molecule has 0 spiro atoms. The molecule has 1 aromatic carbocycles.